The number of carbonyl (C=O) groups is 1. The van der Waals surface area contributed by atoms with E-state index in [9.17, 15) is 4.79 Å². The van der Waals surface area contributed by atoms with Crippen LogP contribution in [-0.2, 0) is 24.1 Å². The molecule has 3 aromatic rings. The normalized spacial score (nSPS) is 15.7. The van der Waals surface area contributed by atoms with Gasteiger partial charge in [0.2, 0.25) is 0 Å². The van der Waals surface area contributed by atoms with Gasteiger partial charge in [-0.05, 0) is 40.5 Å². The standard InChI is InChI=1S/C26H28BrN5O2/c1-18-5-4-6-19(15-18)16-24-28-22-9-10-32(26(33)29-23-8-3-2-7-21(23)27)17-20(22)25(30-24)31-11-13-34-14-12-31/h2-8,15H,9-14,16-17H2,1H3,(H,29,33). The molecule has 2 aliphatic rings. The molecule has 2 aliphatic heterocycles. The van der Waals surface area contributed by atoms with E-state index in [4.69, 9.17) is 14.7 Å². The van der Waals surface area contributed by atoms with Crippen molar-refractivity contribution in [2.24, 2.45) is 0 Å². The van der Waals surface area contributed by atoms with E-state index in [1.165, 1.54) is 11.1 Å². The van der Waals surface area contributed by atoms with Crippen LogP contribution in [0.4, 0.5) is 16.3 Å². The number of nitrogens with one attached hydrogen (secondary N) is 1. The topological polar surface area (TPSA) is 70.6 Å². The summed E-state index contributed by atoms with van der Waals surface area (Å²) in [6.45, 7) is 6.14. The molecule has 3 heterocycles. The number of anilines is 2. The molecule has 5 rings (SSSR count). The molecule has 0 radical (unpaired) electrons. The van der Waals surface area contributed by atoms with Crippen LogP contribution in [0.25, 0.3) is 0 Å². The largest absolute Gasteiger partial charge is 0.378 e. The number of benzene rings is 2. The van der Waals surface area contributed by atoms with E-state index in [2.05, 4.69) is 57.3 Å². The number of amides is 2. The van der Waals surface area contributed by atoms with Crippen LogP contribution in [0.1, 0.15) is 28.2 Å². The fraction of sp³-hybridized carbons (Fsp3) is 0.346. The lowest BCUT2D eigenvalue weighted by molar-refractivity contribution is 0.122. The van der Waals surface area contributed by atoms with E-state index in [1.807, 2.05) is 29.2 Å². The first kappa shape index (κ1) is 22.8. The van der Waals surface area contributed by atoms with Crippen LogP contribution in [0.15, 0.2) is 53.0 Å². The average Bonchev–Trinajstić information content (AvgIpc) is 2.85. The zero-order chi connectivity index (χ0) is 23.5. The van der Waals surface area contributed by atoms with Crippen molar-refractivity contribution in [3.8, 4) is 0 Å². The maximum atomic E-state index is 13.1. The molecule has 1 aromatic heterocycles. The minimum absolute atomic E-state index is 0.116. The number of urea groups is 1. The third-order valence-corrected chi connectivity index (χ3v) is 6.93. The summed E-state index contributed by atoms with van der Waals surface area (Å²) in [7, 11) is 0. The second-order valence-corrected chi connectivity index (χ2v) is 9.59. The third-order valence-electron chi connectivity index (χ3n) is 6.24. The Balaban J connectivity index is 1.42. The van der Waals surface area contributed by atoms with Crippen molar-refractivity contribution < 1.29 is 9.53 Å². The van der Waals surface area contributed by atoms with E-state index in [0.29, 0.717) is 39.1 Å². The molecule has 1 N–H and O–H groups in total. The number of morpholine rings is 1. The van der Waals surface area contributed by atoms with Gasteiger partial charge in [0.25, 0.3) is 0 Å². The first-order chi connectivity index (χ1) is 16.6. The van der Waals surface area contributed by atoms with Gasteiger partial charge < -0.3 is 19.9 Å². The zero-order valence-electron chi connectivity index (χ0n) is 19.3. The molecule has 176 valence electrons. The summed E-state index contributed by atoms with van der Waals surface area (Å²) in [5.74, 6) is 1.77. The first-order valence-electron chi connectivity index (χ1n) is 11.6. The number of aromatic nitrogens is 2. The fourth-order valence-electron chi connectivity index (χ4n) is 4.50. The Labute approximate surface area is 208 Å². The van der Waals surface area contributed by atoms with Crippen LogP contribution in [0, 0.1) is 6.92 Å². The number of nitrogens with zero attached hydrogens (tertiary/aromatic N) is 4. The summed E-state index contributed by atoms with van der Waals surface area (Å²) in [6.07, 6.45) is 1.40. The smallest absolute Gasteiger partial charge is 0.322 e. The van der Waals surface area contributed by atoms with E-state index < -0.39 is 0 Å². The number of aryl methyl sites for hydroxylation is 1. The fourth-order valence-corrected chi connectivity index (χ4v) is 4.88. The van der Waals surface area contributed by atoms with E-state index >= 15 is 0 Å². The summed E-state index contributed by atoms with van der Waals surface area (Å²) in [6, 6.07) is 16.0. The highest BCUT2D eigenvalue weighted by molar-refractivity contribution is 9.10. The van der Waals surface area contributed by atoms with Crippen LogP contribution < -0.4 is 10.2 Å². The molecule has 0 spiro atoms. The Bertz CT molecular complexity index is 1200. The summed E-state index contributed by atoms with van der Waals surface area (Å²) < 4.78 is 6.44. The first-order valence-corrected chi connectivity index (χ1v) is 12.4. The number of carbonyl (C=O) groups excluding carboxylic acids is 1. The van der Waals surface area contributed by atoms with Gasteiger partial charge >= 0.3 is 6.03 Å². The maximum absolute atomic E-state index is 13.1. The molecule has 2 aromatic carbocycles. The molecule has 0 bridgehead atoms. The van der Waals surface area contributed by atoms with Gasteiger partial charge in [0.1, 0.15) is 11.6 Å². The molecule has 2 amide bonds. The highest BCUT2D eigenvalue weighted by Gasteiger charge is 2.28. The number of rotatable bonds is 4. The van der Waals surface area contributed by atoms with Crippen LogP contribution in [-0.4, -0.2) is 53.7 Å². The molecule has 1 saturated heterocycles. The molecule has 34 heavy (non-hydrogen) atoms. The molecule has 0 unspecified atom stereocenters. The van der Waals surface area contributed by atoms with Crippen molar-refractivity contribution in [1.29, 1.82) is 0 Å². The quantitative estimate of drug-likeness (QED) is 0.544. The summed E-state index contributed by atoms with van der Waals surface area (Å²) in [5.41, 5.74) is 5.29. The molecule has 0 saturated carbocycles. The van der Waals surface area contributed by atoms with E-state index in [1.54, 1.807) is 0 Å². The zero-order valence-corrected chi connectivity index (χ0v) is 20.8. The lowest BCUT2D eigenvalue weighted by atomic mass is 10.0. The number of halogens is 1. The van der Waals surface area contributed by atoms with Crippen LogP contribution in [0.2, 0.25) is 0 Å². The molecular weight excluding hydrogens is 494 g/mol. The van der Waals surface area contributed by atoms with E-state index in [-0.39, 0.29) is 6.03 Å². The van der Waals surface area contributed by atoms with Gasteiger partial charge in [-0.25, -0.2) is 14.8 Å². The van der Waals surface area contributed by atoms with Gasteiger partial charge in [0.15, 0.2) is 0 Å². The van der Waals surface area contributed by atoms with Crippen molar-refractivity contribution in [1.82, 2.24) is 14.9 Å². The van der Waals surface area contributed by atoms with Gasteiger partial charge in [-0.15, -0.1) is 0 Å². The molecule has 1 fully saturated rings. The average molecular weight is 522 g/mol. The number of ether oxygens (including phenoxy) is 1. The molecule has 0 aliphatic carbocycles. The molecule has 8 heteroatoms. The van der Waals surface area contributed by atoms with Gasteiger partial charge in [-0.1, -0.05) is 42.0 Å². The Morgan fingerprint density at radius 1 is 1.09 bits per heavy atom. The van der Waals surface area contributed by atoms with Crippen molar-refractivity contribution >= 4 is 33.5 Å². The SMILES string of the molecule is Cc1cccc(Cc2nc3c(c(N4CCOCC4)n2)CN(C(=O)Nc2ccccc2Br)CC3)c1. The van der Waals surface area contributed by atoms with Crippen LogP contribution >= 0.6 is 15.9 Å². The van der Waals surface area contributed by atoms with Gasteiger partial charge in [-0.3, -0.25) is 0 Å². The van der Waals surface area contributed by atoms with E-state index in [0.717, 1.165) is 46.1 Å². The Morgan fingerprint density at radius 2 is 1.91 bits per heavy atom. The predicted molar refractivity (Wildman–Crippen MR) is 136 cm³/mol. The van der Waals surface area contributed by atoms with Gasteiger partial charge in [-0.2, -0.15) is 0 Å². The minimum atomic E-state index is -0.116. The Hall–Kier alpha value is -2.97. The van der Waals surface area contributed by atoms with Crippen molar-refractivity contribution in [2.75, 3.05) is 43.1 Å². The molecule has 7 nitrogen and oxygen atoms in total. The second kappa shape index (κ2) is 10.1. The van der Waals surface area contributed by atoms with Crippen LogP contribution in [0.3, 0.4) is 0 Å². The lowest BCUT2D eigenvalue weighted by Gasteiger charge is -2.34. The Kier molecular flexibility index (Phi) is 6.78. The minimum Gasteiger partial charge on any atom is -0.378 e. The number of hydrogen-bond donors (Lipinski definition) is 1. The van der Waals surface area contributed by atoms with Gasteiger partial charge in [0.05, 0.1) is 31.1 Å². The highest BCUT2D eigenvalue weighted by atomic mass is 79.9. The number of fused-ring (bicyclic) bond motifs is 1. The number of para-hydroxylation sites is 1. The van der Waals surface area contributed by atoms with Crippen molar-refractivity contribution in [2.45, 2.75) is 26.3 Å². The van der Waals surface area contributed by atoms with Crippen molar-refractivity contribution in [3.05, 3.63) is 81.2 Å². The molecule has 0 atom stereocenters. The highest BCUT2D eigenvalue weighted by Crippen LogP contribution is 2.29. The number of hydrogen-bond acceptors (Lipinski definition) is 5. The summed E-state index contributed by atoms with van der Waals surface area (Å²) >= 11 is 3.51. The maximum Gasteiger partial charge on any atom is 0.322 e. The summed E-state index contributed by atoms with van der Waals surface area (Å²) in [4.78, 5) is 27.2. The van der Waals surface area contributed by atoms with Gasteiger partial charge in [0, 0.05) is 42.5 Å². The third kappa shape index (κ3) is 5.08. The van der Waals surface area contributed by atoms with Crippen LogP contribution in [0.5, 0.6) is 0 Å². The summed E-state index contributed by atoms with van der Waals surface area (Å²) in [5, 5.41) is 3.02. The predicted octanol–water partition coefficient (Wildman–Crippen LogP) is 4.57. The molecular formula is C26H28BrN5O2. The Morgan fingerprint density at radius 3 is 2.71 bits per heavy atom. The monoisotopic (exact) mass is 521 g/mol. The lowest BCUT2D eigenvalue weighted by Crippen LogP contribution is -2.42. The second-order valence-electron chi connectivity index (χ2n) is 8.74. The van der Waals surface area contributed by atoms with Crippen molar-refractivity contribution in [3.63, 3.8) is 0 Å².